The van der Waals surface area contributed by atoms with E-state index in [1.165, 1.54) is 42.5 Å². The van der Waals surface area contributed by atoms with Crippen molar-refractivity contribution in [3.63, 3.8) is 0 Å². The number of halogens is 2. The Balaban J connectivity index is 1.28. The van der Waals surface area contributed by atoms with Gasteiger partial charge in [0.1, 0.15) is 38.4 Å². The molecule has 13 N–H and O–H groups in total. The Labute approximate surface area is 418 Å². The van der Waals surface area contributed by atoms with E-state index in [1.54, 1.807) is 0 Å². The van der Waals surface area contributed by atoms with Crippen LogP contribution in [-0.2, 0) is 49.8 Å². The minimum Gasteiger partial charge on any atom is -0.396 e. The first-order chi connectivity index (χ1) is 34.7. The summed E-state index contributed by atoms with van der Waals surface area (Å²) in [5, 5.41) is 38.8. The maximum absolute atomic E-state index is 13.8. The van der Waals surface area contributed by atoms with Crippen LogP contribution in [-0.4, -0.2) is 82.1 Å². The molecule has 5 aromatic carbocycles. The van der Waals surface area contributed by atoms with Crippen LogP contribution in [0.5, 0.6) is 0 Å². The van der Waals surface area contributed by atoms with Crippen LogP contribution in [0, 0.1) is 12.0 Å². The fraction of sp³-hybridized carbons (Fsp3) is 0. The summed E-state index contributed by atoms with van der Waals surface area (Å²) in [6, 6.07) is 17.6. The van der Waals surface area contributed by atoms with Gasteiger partial charge in [-0.3, -0.25) is 18.2 Å². The molecule has 0 spiro atoms. The molecule has 2 heterocycles. The molecule has 37 heteroatoms. The van der Waals surface area contributed by atoms with Gasteiger partial charge in [-0.05, 0) is 78.9 Å². The van der Waals surface area contributed by atoms with Gasteiger partial charge in [-0.25, -0.2) is 5.26 Å². The Morgan fingerprint density at radius 3 is 1.54 bits per heavy atom. The summed E-state index contributed by atoms with van der Waals surface area (Å²) in [7, 11) is -19.8. The molecule has 0 aliphatic carbocycles. The van der Waals surface area contributed by atoms with Gasteiger partial charge < -0.3 is 32.7 Å². The lowest BCUT2D eigenvalue weighted by molar-refractivity contribution is -0.432. The summed E-state index contributed by atoms with van der Waals surface area (Å²) in [6.07, 6.45) is -1.41. The molecule has 2 aromatic heterocycles. The van der Waals surface area contributed by atoms with Crippen molar-refractivity contribution in [2.75, 3.05) is 32.7 Å². The van der Waals surface area contributed by atoms with Crippen LogP contribution in [0.1, 0.15) is 0 Å². The SMILES string of the molecule is Nc1c(N=Nc2cc(Nc3nc(Nc4cccc(S(=O)(=O)O)c4)nc(Nc4cccc(S(=O)(=O)O)c4)n3)ccc2S(=O)(=O)O)cc(S(=O)(=O)O)c(N)c1N=Nc1cc(Nc2cc(F)nc(F)n2)ccc1SOOO. The molecule has 30 nitrogen and oxygen atoms in total. The Hall–Kier alpha value is -8.08. The molecule has 74 heavy (non-hydrogen) atoms. The third-order valence-corrected chi connectivity index (χ3v) is 13.2. The molecule has 0 unspecified atom stereocenters. The van der Waals surface area contributed by atoms with Crippen molar-refractivity contribution in [1.82, 2.24) is 24.9 Å². The predicted molar refractivity (Wildman–Crippen MR) is 254 cm³/mol. The molecule has 0 atom stereocenters. The van der Waals surface area contributed by atoms with Crippen LogP contribution in [0.4, 0.5) is 89.3 Å². The van der Waals surface area contributed by atoms with Gasteiger partial charge in [0.2, 0.25) is 23.8 Å². The Kier molecular flexibility index (Phi) is 15.6. The first-order valence-electron chi connectivity index (χ1n) is 19.4. The largest absolute Gasteiger partial charge is 0.396 e. The highest BCUT2D eigenvalue weighted by Gasteiger charge is 2.24. The maximum Gasteiger partial charge on any atom is 0.313 e. The summed E-state index contributed by atoms with van der Waals surface area (Å²) in [5.41, 5.74) is 8.71. The van der Waals surface area contributed by atoms with E-state index >= 15 is 0 Å². The van der Waals surface area contributed by atoms with Crippen molar-refractivity contribution in [1.29, 1.82) is 0 Å². The number of benzene rings is 5. The molecule has 0 aliphatic rings. The van der Waals surface area contributed by atoms with E-state index < -0.39 is 101 Å². The fourth-order valence-electron chi connectivity index (χ4n) is 5.97. The topological polar surface area (TPSA) is 470 Å². The number of nitrogens with two attached hydrogens (primary N) is 2. The van der Waals surface area contributed by atoms with Crippen LogP contribution >= 0.6 is 12.0 Å². The van der Waals surface area contributed by atoms with Gasteiger partial charge >= 0.3 is 6.08 Å². The number of anilines is 10. The van der Waals surface area contributed by atoms with Crippen molar-refractivity contribution in [3.05, 3.63) is 109 Å². The van der Waals surface area contributed by atoms with Crippen LogP contribution in [0.25, 0.3) is 0 Å². The second-order valence-corrected chi connectivity index (χ2v) is 20.5. The standard InChI is InChI=1S/C37H29F2N15O15S5/c38-29-16-30(47-34(39)46-29)42-19-7-9-26(70-69-68-55)23(13-19)51-54-33-31(40)25(15-28(32(33)41)74(65,66)67)53-52-24-14-20(8-10-27(24)73(62,63)64)45-37-49-35(43-17-3-1-5-21(11-17)71(56,57)58)48-36(50-37)44-18-4-2-6-22(12-18)72(59,60)61/h1-16,55H,40-41H2,(H,42,46,47)(H,56,57,58)(H,59,60,61)(H,62,63,64)(H,65,66,67)(H3,43,44,45,48,49,50). The zero-order valence-electron chi connectivity index (χ0n) is 36.0. The van der Waals surface area contributed by atoms with E-state index in [0.29, 0.717) is 18.1 Å². The summed E-state index contributed by atoms with van der Waals surface area (Å²) in [6.45, 7) is 0. The van der Waals surface area contributed by atoms with Crippen molar-refractivity contribution < 1.29 is 75.3 Å². The Morgan fingerprint density at radius 1 is 0.514 bits per heavy atom. The highest BCUT2D eigenvalue weighted by molar-refractivity contribution is 7.94. The number of azo groups is 2. The zero-order valence-corrected chi connectivity index (χ0v) is 40.1. The average molecular weight is 1120 g/mol. The normalized spacial score (nSPS) is 12.3. The molecule has 0 saturated carbocycles. The van der Waals surface area contributed by atoms with Gasteiger partial charge in [0.15, 0.2) is 0 Å². The Bertz CT molecular complexity index is 3770. The molecule has 0 saturated heterocycles. The summed E-state index contributed by atoms with van der Waals surface area (Å²) < 4.78 is 169. The van der Waals surface area contributed by atoms with Gasteiger partial charge in [-0.15, -0.1) is 24.8 Å². The molecule has 7 aromatic rings. The van der Waals surface area contributed by atoms with E-state index in [1.807, 2.05) is 0 Å². The van der Waals surface area contributed by atoms with Crippen molar-refractivity contribution in [2.24, 2.45) is 20.5 Å². The molecule has 0 fully saturated rings. The van der Waals surface area contributed by atoms with Gasteiger partial charge in [-0.1, -0.05) is 17.2 Å². The van der Waals surface area contributed by atoms with Crippen molar-refractivity contribution in [2.45, 2.75) is 24.5 Å². The molecule has 7 rings (SSSR count). The van der Waals surface area contributed by atoms with Gasteiger partial charge in [0.25, 0.3) is 40.5 Å². The fourth-order valence-corrected chi connectivity index (χ4v) is 8.67. The number of hydrogen-bond donors (Lipinski definition) is 11. The number of nitrogen functional groups attached to an aromatic ring is 2. The second-order valence-electron chi connectivity index (χ2n) is 14.2. The molecule has 0 radical (unpaired) electrons. The van der Waals surface area contributed by atoms with E-state index in [-0.39, 0.29) is 57.0 Å². The minimum atomic E-state index is -5.25. The lowest BCUT2D eigenvalue weighted by atomic mass is 10.2. The minimum absolute atomic E-state index is 0.00989. The van der Waals surface area contributed by atoms with E-state index in [2.05, 4.69) is 76.0 Å². The van der Waals surface area contributed by atoms with Crippen LogP contribution in [0.15, 0.2) is 142 Å². The molecule has 0 bridgehead atoms. The van der Waals surface area contributed by atoms with Gasteiger partial charge in [-0.2, -0.15) is 67.4 Å². The zero-order chi connectivity index (χ0) is 53.8. The molecule has 0 aliphatic heterocycles. The summed E-state index contributed by atoms with van der Waals surface area (Å²) in [4.78, 5) is 16.0. The lowest BCUT2D eigenvalue weighted by Crippen LogP contribution is -2.08. The van der Waals surface area contributed by atoms with Gasteiger partial charge in [0, 0.05) is 28.8 Å². The maximum atomic E-state index is 13.8. The molecule has 386 valence electrons. The van der Waals surface area contributed by atoms with E-state index in [0.717, 1.165) is 48.5 Å². The van der Waals surface area contributed by atoms with E-state index in [4.69, 9.17) is 16.7 Å². The number of rotatable bonds is 19. The third-order valence-electron chi connectivity index (χ3n) is 9.08. The first kappa shape index (κ1) is 53.7. The van der Waals surface area contributed by atoms with E-state index in [9.17, 15) is 60.7 Å². The third kappa shape index (κ3) is 13.7. The summed E-state index contributed by atoms with van der Waals surface area (Å²) in [5.74, 6) is -2.61. The second kappa shape index (κ2) is 21.6. The van der Waals surface area contributed by atoms with Crippen molar-refractivity contribution >= 4 is 133 Å². The van der Waals surface area contributed by atoms with Gasteiger partial charge in [0.05, 0.1) is 38.1 Å². The summed E-state index contributed by atoms with van der Waals surface area (Å²) >= 11 is 0.360. The first-order valence-corrected chi connectivity index (χ1v) is 25.9. The van der Waals surface area contributed by atoms with Crippen molar-refractivity contribution in [3.8, 4) is 0 Å². The monoisotopic (exact) mass is 1120 g/mol. The number of nitrogens with one attached hydrogen (secondary N) is 4. The predicted octanol–water partition coefficient (Wildman–Crippen LogP) is 7.32. The quantitative estimate of drug-likeness (QED) is 0.00552. The van der Waals surface area contributed by atoms with Crippen LogP contribution in [0.3, 0.4) is 0 Å². The number of aromatic nitrogens is 5. The lowest BCUT2D eigenvalue weighted by Gasteiger charge is -2.13. The smallest absolute Gasteiger partial charge is 0.313 e. The molecule has 0 amide bonds. The van der Waals surface area contributed by atoms with Crippen LogP contribution in [0.2, 0.25) is 0 Å². The molecular weight excluding hydrogens is 1090 g/mol. The number of hydrogen-bond acceptors (Lipinski definition) is 27. The van der Waals surface area contributed by atoms with Crippen LogP contribution < -0.4 is 32.7 Å². The Morgan fingerprint density at radius 2 is 1.01 bits per heavy atom. The highest BCUT2D eigenvalue weighted by atomic mass is 32.2. The average Bonchev–Trinajstić information content (AvgIpc) is 3.29. The molecular formula is C37H29F2N15O15S5. The number of nitrogens with zero attached hydrogens (tertiary/aromatic N) is 9. The highest BCUT2D eigenvalue weighted by Crippen LogP contribution is 2.44.